The predicted molar refractivity (Wildman–Crippen MR) is 77.5 cm³/mol. The number of carbonyl (C=O) groups is 1. The highest BCUT2D eigenvalue weighted by Gasteiger charge is 2.30. The van der Waals surface area contributed by atoms with Gasteiger partial charge in [-0.3, -0.25) is 9.89 Å². The van der Waals surface area contributed by atoms with Gasteiger partial charge in [-0.05, 0) is 12.8 Å². The number of hydrogen-bond acceptors (Lipinski definition) is 5. The van der Waals surface area contributed by atoms with E-state index in [4.69, 9.17) is 9.88 Å². The molecule has 0 aromatic carbocycles. The van der Waals surface area contributed by atoms with Crippen molar-refractivity contribution in [2.45, 2.75) is 31.6 Å². The molecule has 1 heterocycles. The van der Waals surface area contributed by atoms with Crippen LogP contribution in [-0.4, -0.2) is 56.2 Å². The van der Waals surface area contributed by atoms with Gasteiger partial charge in [0.1, 0.15) is 4.90 Å². The van der Waals surface area contributed by atoms with Gasteiger partial charge in [0, 0.05) is 20.2 Å². The fraction of sp³-hybridized carbons (Fsp3) is 0.667. The fourth-order valence-electron chi connectivity index (χ4n) is 1.92. The molecule has 21 heavy (non-hydrogen) atoms. The number of methoxy groups -OCH3 is 1. The number of likely N-dealkylation sites (N-methyl/N-ethyl adjacent to an activating group) is 1. The number of aromatic nitrogens is 2. The molecule has 0 bridgehead atoms. The summed E-state index contributed by atoms with van der Waals surface area (Å²) in [6.07, 6.45) is 0. The Kier molecular flexibility index (Phi) is 5.87. The molecule has 0 atom stereocenters. The van der Waals surface area contributed by atoms with E-state index in [-0.39, 0.29) is 16.5 Å². The van der Waals surface area contributed by atoms with Gasteiger partial charge in [0.25, 0.3) is 5.91 Å². The maximum atomic E-state index is 12.5. The normalized spacial score (nSPS) is 11.9. The van der Waals surface area contributed by atoms with Gasteiger partial charge in [0.15, 0.2) is 5.69 Å². The number of sulfonamides is 1. The van der Waals surface area contributed by atoms with Crippen molar-refractivity contribution in [2.24, 2.45) is 5.14 Å². The van der Waals surface area contributed by atoms with E-state index < -0.39 is 15.9 Å². The van der Waals surface area contributed by atoms with Crippen LogP contribution in [0, 0.1) is 0 Å². The lowest BCUT2D eigenvalue weighted by Gasteiger charge is -2.19. The zero-order valence-corrected chi connectivity index (χ0v) is 13.5. The zero-order valence-electron chi connectivity index (χ0n) is 12.7. The van der Waals surface area contributed by atoms with E-state index in [1.165, 1.54) is 12.0 Å². The molecule has 3 N–H and O–H groups in total. The summed E-state index contributed by atoms with van der Waals surface area (Å²) in [4.78, 5) is 13.7. The van der Waals surface area contributed by atoms with Crippen LogP contribution >= 0.6 is 0 Å². The van der Waals surface area contributed by atoms with Crippen LogP contribution in [0.25, 0.3) is 0 Å². The number of carbonyl (C=O) groups excluding carboxylic acids is 1. The van der Waals surface area contributed by atoms with Gasteiger partial charge in [-0.1, -0.05) is 13.8 Å². The fourth-order valence-corrected chi connectivity index (χ4v) is 2.91. The third-order valence-corrected chi connectivity index (χ3v) is 4.03. The molecule has 1 aromatic rings. The Labute approximate surface area is 124 Å². The number of primary sulfonamides is 1. The molecule has 0 aliphatic carbocycles. The quantitative estimate of drug-likeness (QED) is 0.749. The second-order valence-corrected chi connectivity index (χ2v) is 6.39. The first-order valence-electron chi connectivity index (χ1n) is 6.63. The summed E-state index contributed by atoms with van der Waals surface area (Å²) in [5.74, 6) is -0.636. The third-order valence-electron chi connectivity index (χ3n) is 3.05. The second-order valence-electron chi connectivity index (χ2n) is 4.89. The Hall–Kier alpha value is -1.45. The molecule has 120 valence electrons. The van der Waals surface area contributed by atoms with Gasteiger partial charge >= 0.3 is 0 Å². The van der Waals surface area contributed by atoms with Gasteiger partial charge < -0.3 is 9.64 Å². The number of rotatable bonds is 7. The number of ether oxygens (including phenoxy) is 1. The lowest BCUT2D eigenvalue weighted by atomic mass is 10.1. The molecule has 0 aliphatic rings. The number of amides is 1. The summed E-state index contributed by atoms with van der Waals surface area (Å²) < 4.78 is 28.5. The molecular weight excluding hydrogens is 296 g/mol. The standard InChI is InChI=1S/C12H22N4O4S/c1-5-16(6-7-20-4)12(17)10-11(21(13,18)19)9(8(2)3)14-15-10/h8H,5-7H2,1-4H3,(H,14,15)(H2,13,18,19). The molecule has 0 saturated carbocycles. The van der Waals surface area contributed by atoms with E-state index in [0.717, 1.165) is 0 Å². The Bertz CT molecular complexity index is 594. The summed E-state index contributed by atoms with van der Waals surface area (Å²) in [6.45, 7) is 6.49. The van der Waals surface area contributed by atoms with Crippen LogP contribution in [-0.2, 0) is 14.8 Å². The maximum absolute atomic E-state index is 12.5. The minimum atomic E-state index is -4.05. The summed E-state index contributed by atoms with van der Waals surface area (Å²) in [7, 11) is -2.52. The number of nitrogens with zero attached hydrogens (tertiary/aromatic N) is 2. The Balaban J connectivity index is 3.27. The van der Waals surface area contributed by atoms with E-state index in [1.807, 2.05) is 0 Å². The molecule has 1 amide bonds. The average molecular weight is 318 g/mol. The van der Waals surface area contributed by atoms with Gasteiger partial charge in [0.05, 0.1) is 12.3 Å². The highest BCUT2D eigenvalue weighted by molar-refractivity contribution is 7.89. The second kappa shape index (κ2) is 7.01. The lowest BCUT2D eigenvalue weighted by molar-refractivity contribution is 0.0697. The molecule has 1 rings (SSSR count). The van der Waals surface area contributed by atoms with Crippen LogP contribution in [0.2, 0.25) is 0 Å². The van der Waals surface area contributed by atoms with Crippen molar-refractivity contribution in [2.75, 3.05) is 26.8 Å². The number of aromatic amines is 1. The highest BCUT2D eigenvalue weighted by atomic mass is 32.2. The van der Waals surface area contributed by atoms with E-state index >= 15 is 0 Å². The maximum Gasteiger partial charge on any atom is 0.275 e. The van der Waals surface area contributed by atoms with Crippen molar-refractivity contribution >= 4 is 15.9 Å². The average Bonchev–Trinajstić information content (AvgIpc) is 2.84. The zero-order chi connectivity index (χ0) is 16.2. The van der Waals surface area contributed by atoms with Crippen LogP contribution in [0.3, 0.4) is 0 Å². The van der Waals surface area contributed by atoms with E-state index in [1.54, 1.807) is 20.8 Å². The van der Waals surface area contributed by atoms with E-state index in [2.05, 4.69) is 10.2 Å². The van der Waals surface area contributed by atoms with Crippen molar-refractivity contribution in [3.8, 4) is 0 Å². The number of nitrogens with one attached hydrogen (secondary N) is 1. The van der Waals surface area contributed by atoms with Gasteiger partial charge in [-0.2, -0.15) is 5.10 Å². The van der Waals surface area contributed by atoms with Crippen molar-refractivity contribution in [1.82, 2.24) is 15.1 Å². The first-order chi connectivity index (χ1) is 9.73. The Morgan fingerprint density at radius 1 is 1.48 bits per heavy atom. The lowest BCUT2D eigenvalue weighted by Crippen LogP contribution is -2.35. The highest BCUT2D eigenvalue weighted by Crippen LogP contribution is 2.24. The summed E-state index contributed by atoms with van der Waals surface area (Å²) in [6, 6.07) is 0. The predicted octanol–water partition coefficient (Wildman–Crippen LogP) is 0.289. The number of nitrogens with two attached hydrogens (primary N) is 1. The molecule has 0 radical (unpaired) electrons. The van der Waals surface area contributed by atoms with Crippen LogP contribution in [0.5, 0.6) is 0 Å². The molecule has 0 aliphatic heterocycles. The Morgan fingerprint density at radius 3 is 2.52 bits per heavy atom. The van der Waals surface area contributed by atoms with E-state index in [0.29, 0.717) is 25.4 Å². The molecule has 0 spiro atoms. The molecule has 0 unspecified atom stereocenters. The van der Waals surface area contributed by atoms with Crippen LogP contribution in [0.15, 0.2) is 4.90 Å². The molecular formula is C12H22N4O4S. The monoisotopic (exact) mass is 318 g/mol. The third kappa shape index (κ3) is 4.02. The number of H-pyrrole nitrogens is 1. The minimum absolute atomic E-state index is 0.151. The molecule has 1 aromatic heterocycles. The van der Waals surface area contributed by atoms with Crippen molar-refractivity contribution < 1.29 is 17.9 Å². The largest absolute Gasteiger partial charge is 0.383 e. The Morgan fingerprint density at radius 2 is 2.10 bits per heavy atom. The minimum Gasteiger partial charge on any atom is -0.383 e. The molecule has 9 heteroatoms. The SMILES string of the molecule is CCN(CCOC)C(=O)c1n[nH]c(C(C)C)c1S(N)(=O)=O. The molecule has 0 saturated heterocycles. The van der Waals surface area contributed by atoms with Gasteiger partial charge in [-0.25, -0.2) is 13.6 Å². The van der Waals surface area contributed by atoms with Crippen molar-refractivity contribution in [3.05, 3.63) is 11.4 Å². The first-order valence-corrected chi connectivity index (χ1v) is 8.17. The topological polar surface area (TPSA) is 118 Å². The van der Waals surface area contributed by atoms with Crippen LogP contribution in [0.1, 0.15) is 42.9 Å². The van der Waals surface area contributed by atoms with Crippen molar-refractivity contribution in [3.63, 3.8) is 0 Å². The summed E-state index contributed by atoms with van der Waals surface area (Å²) in [5.41, 5.74) is 0.169. The smallest absolute Gasteiger partial charge is 0.275 e. The summed E-state index contributed by atoms with van der Waals surface area (Å²) >= 11 is 0. The molecule has 8 nitrogen and oxygen atoms in total. The first kappa shape index (κ1) is 17.6. The van der Waals surface area contributed by atoms with Crippen LogP contribution < -0.4 is 5.14 Å². The van der Waals surface area contributed by atoms with Gasteiger partial charge in [-0.15, -0.1) is 0 Å². The van der Waals surface area contributed by atoms with Crippen LogP contribution in [0.4, 0.5) is 0 Å². The van der Waals surface area contributed by atoms with E-state index in [9.17, 15) is 13.2 Å². The van der Waals surface area contributed by atoms with Crippen molar-refractivity contribution in [1.29, 1.82) is 0 Å². The molecule has 0 fully saturated rings. The van der Waals surface area contributed by atoms with Gasteiger partial charge in [0.2, 0.25) is 10.0 Å². The summed E-state index contributed by atoms with van der Waals surface area (Å²) in [5, 5.41) is 11.7. The number of hydrogen-bond donors (Lipinski definition) is 2.